The molecule has 0 N–H and O–H groups in total. The van der Waals surface area contributed by atoms with E-state index in [1.807, 2.05) is 30.3 Å². The summed E-state index contributed by atoms with van der Waals surface area (Å²) in [6.07, 6.45) is 2.02. The topological polar surface area (TPSA) is 26.3 Å². The zero-order chi connectivity index (χ0) is 22.8. The van der Waals surface area contributed by atoms with Crippen molar-refractivity contribution in [3.8, 4) is 0 Å². The standard InChI is InChI=1S/C30H29O2P/c31-30(32-25-26-15-5-1-6-16-26)23-13-14-24-33(27-17-7-2-8-18-27,28-19-9-3-10-20-28)29-21-11-4-12-22-29/h1-12,15-22,24H,13-14,23,25H2. The third-order valence-electron chi connectivity index (χ3n) is 5.72. The second kappa shape index (κ2) is 11.5. The molecule has 4 aromatic rings. The molecule has 0 saturated heterocycles. The molecule has 0 amide bonds. The first-order valence-electron chi connectivity index (χ1n) is 11.4. The summed E-state index contributed by atoms with van der Waals surface area (Å²) in [5, 5.41) is 3.98. The molecule has 0 fully saturated rings. The fourth-order valence-electron chi connectivity index (χ4n) is 4.09. The summed E-state index contributed by atoms with van der Waals surface area (Å²) in [6.45, 7) is -1.62. The Morgan fingerprint density at radius 3 is 1.52 bits per heavy atom. The third kappa shape index (κ3) is 5.72. The minimum absolute atomic E-state index is 0.143. The van der Waals surface area contributed by atoms with E-state index in [4.69, 9.17) is 4.74 Å². The Balaban J connectivity index is 1.58. The predicted molar refractivity (Wildman–Crippen MR) is 141 cm³/mol. The van der Waals surface area contributed by atoms with Gasteiger partial charge in [0.05, 0.1) is 0 Å². The minimum atomic E-state index is -1.95. The number of hydrogen-bond donors (Lipinski definition) is 0. The molecule has 0 aliphatic heterocycles. The Bertz CT molecular complexity index is 1080. The van der Waals surface area contributed by atoms with E-state index in [2.05, 4.69) is 96.8 Å². The fraction of sp³-hybridized carbons (Fsp3) is 0.133. The van der Waals surface area contributed by atoms with Gasteiger partial charge in [-0.2, -0.15) is 0 Å². The molecule has 0 radical (unpaired) electrons. The van der Waals surface area contributed by atoms with Gasteiger partial charge in [-0.15, -0.1) is 0 Å². The first kappa shape index (κ1) is 22.8. The Labute approximate surface area is 196 Å². The minimum Gasteiger partial charge on any atom is -0.461 e. The van der Waals surface area contributed by atoms with Gasteiger partial charge in [0.1, 0.15) is 6.61 Å². The SMILES string of the molecule is O=C(CCCC=P(c1ccccc1)(c1ccccc1)c1ccccc1)OCc1ccccc1. The quantitative estimate of drug-likeness (QED) is 0.185. The molecular weight excluding hydrogens is 423 g/mol. The lowest BCUT2D eigenvalue weighted by Gasteiger charge is -2.29. The van der Waals surface area contributed by atoms with Crippen LogP contribution in [0.15, 0.2) is 121 Å². The largest absolute Gasteiger partial charge is 0.461 e. The van der Waals surface area contributed by atoms with Crippen molar-refractivity contribution in [1.82, 2.24) is 0 Å². The molecule has 0 saturated carbocycles. The molecule has 0 heterocycles. The molecule has 0 atom stereocenters. The highest BCUT2D eigenvalue weighted by atomic mass is 31.2. The first-order chi connectivity index (χ1) is 16.3. The number of esters is 1. The van der Waals surface area contributed by atoms with E-state index in [0.717, 1.165) is 18.4 Å². The van der Waals surface area contributed by atoms with Crippen molar-refractivity contribution in [1.29, 1.82) is 0 Å². The van der Waals surface area contributed by atoms with E-state index in [0.29, 0.717) is 13.0 Å². The Hall–Kier alpha value is -3.35. The summed E-state index contributed by atoms with van der Waals surface area (Å²) < 4.78 is 5.47. The number of carbonyl (C=O) groups excluding carboxylic acids is 1. The summed E-state index contributed by atoms with van der Waals surface area (Å²) in [4.78, 5) is 12.3. The number of ether oxygens (including phenoxy) is 1. The van der Waals surface area contributed by atoms with E-state index in [9.17, 15) is 4.79 Å². The zero-order valence-electron chi connectivity index (χ0n) is 18.7. The molecule has 2 nitrogen and oxygen atoms in total. The van der Waals surface area contributed by atoms with Gasteiger partial charge < -0.3 is 4.74 Å². The molecule has 4 aromatic carbocycles. The van der Waals surface area contributed by atoms with Gasteiger partial charge in [-0.1, -0.05) is 127 Å². The second-order valence-corrected chi connectivity index (χ2v) is 11.3. The molecule has 0 unspecified atom stereocenters. The van der Waals surface area contributed by atoms with Gasteiger partial charge >= 0.3 is 5.97 Å². The van der Waals surface area contributed by atoms with Crippen LogP contribution in [-0.2, 0) is 16.1 Å². The van der Waals surface area contributed by atoms with Crippen molar-refractivity contribution in [2.45, 2.75) is 25.9 Å². The Morgan fingerprint density at radius 2 is 1.06 bits per heavy atom. The molecule has 0 bridgehead atoms. The van der Waals surface area contributed by atoms with Crippen LogP contribution in [0.25, 0.3) is 0 Å². The van der Waals surface area contributed by atoms with Crippen molar-refractivity contribution < 1.29 is 9.53 Å². The maximum atomic E-state index is 12.3. The van der Waals surface area contributed by atoms with Crippen LogP contribution < -0.4 is 15.9 Å². The lowest BCUT2D eigenvalue weighted by atomic mass is 10.2. The van der Waals surface area contributed by atoms with Gasteiger partial charge in [0.2, 0.25) is 0 Å². The summed E-state index contributed by atoms with van der Waals surface area (Å²) in [5.74, 6) is 2.33. The number of hydrogen-bond acceptors (Lipinski definition) is 2. The van der Waals surface area contributed by atoms with E-state index in [1.165, 1.54) is 15.9 Å². The number of benzene rings is 4. The highest BCUT2D eigenvalue weighted by Crippen LogP contribution is 2.44. The van der Waals surface area contributed by atoms with E-state index >= 15 is 0 Å². The maximum absolute atomic E-state index is 12.3. The van der Waals surface area contributed by atoms with Crippen LogP contribution in [-0.4, -0.2) is 11.8 Å². The zero-order valence-corrected chi connectivity index (χ0v) is 19.6. The number of carbonyl (C=O) groups is 1. The monoisotopic (exact) mass is 452 g/mol. The molecule has 0 spiro atoms. The average molecular weight is 453 g/mol. The van der Waals surface area contributed by atoms with Crippen LogP contribution in [0, 0.1) is 0 Å². The Kier molecular flexibility index (Phi) is 7.95. The fourth-order valence-corrected chi connectivity index (χ4v) is 8.12. The maximum Gasteiger partial charge on any atom is 0.306 e. The second-order valence-electron chi connectivity index (χ2n) is 7.95. The van der Waals surface area contributed by atoms with Crippen LogP contribution in [0.3, 0.4) is 0 Å². The van der Waals surface area contributed by atoms with Crippen LogP contribution in [0.4, 0.5) is 0 Å². The van der Waals surface area contributed by atoms with Crippen molar-refractivity contribution in [2.75, 3.05) is 0 Å². The van der Waals surface area contributed by atoms with Gasteiger partial charge in [0.15, 0.2) is 0 Å². The molecule has 4 rings (SSSR count). The molecule has 0 aliphatic carbocycles. The van der Waals surface area contributed by atoms with Crippen LogP contribution in [0.5, 0.6) is 0 Å². The molecule has 33 heavy (non-hydrogen) atoms. The van der Waals surface area contributed by atoms with Crippen molar-refractivity contribution >= 4 is 34.6 Å². The van der Waals surface area contributed by atoms with Gasteiger partial charge in [0.25, 0.3) is 0 Å². The van der Waals surface area contributed by atoms with Crippen molar-refractivity contribution in [2.24, 2.45) is 0 Å². The van der Waals surface area contributed by atoms with E-state index < -0.39 is 6.89 Å². The highest BCUT2D eigenvalue weighted by Gasteiger charge is 2.24. The predicted octanol–water partition coefficient (Wildman–Crippen LogP) is 5.70. The average Bonchev–Trinajstić information content (AvgIpc) is 2.90. The van der Waals surface area contributed by atoms with Gasteiger partial charge in [0, 0.05) is 6.42 Å². The molecule has 0 aliphatic rings. The summed E-state index contributed by atoms with van der Waals surface area (Å²) in [6, 6.07) is 42.1. The molecule has 3 heteroatoms. The number of rotatable bonds is 9. The van der Waals surface area contributed by atoms with Crippen molar-refractivity contribution in [3.63, 3.8) is 0 Å². The first-order valence-corrected chi connectivity index (χ1v) is 13.2. The van der Waals surface area contributed by atoms with Crippen LogP contribution >= 0.6 is 6.89 Å². The van der Waals surface area contributed by atoms with Crippen LogP contribution in [0.1, 0.15) is 24.8 Å². The molecular formula is C30H29O2P. The summed E-state index contributed by atoms with van der Waals surface area (Å²) in [5.41, 5.74) is 1.01. The van der Waals surface area contributed by atoms with Crippen LogP contribution in [0.2, 0.25) is 0 Å². The number of unbranched alkanes of at least 4 members (excludes halogenated alkanes) is 1. The van der Waals surface area contributed by atoms with E-state index in [1.54, 1.807) is 0 Å². The third-order valence-corrected chi connectivity index (χ3v) is 9.86. The normalized spacial score (nSPS) is 11.0. The Morgan fingerprint density at radius 1 is 0.636 bits per heavy atom. The lowest BCUT2D eigenvalue weighted by molar-refractivity contribution is -0.145. The molecule has 166 valence electrons. The lowest BCUT2D eigenvalue weighted by Crippen LogP contribution is -2.27. The smallest absolute Gasteiger partial charge is 0.306 e. The summed E-state index contributed by atoms with van der Waals surface area (Å²) in [7, 11) is 0. The summed E-state index contributed by atoms with van der Waals surface area (Å²) >= 11 is 0. The van der Waals surface area contributed by atoms with Gasteiger partial charge in [-0.05, 0) is 41.2 Å². The van der Waals surface area contributed by atoms with E-state index in [-0.39, 0.29) is 5.97 Å². The highest BCUT2D eigenvalue weighted by molar-refractivity contribution is 7.94. The molecule has 0 aromatic heterocycles. The van der Waals surface area contributed by atoms with Crippen molar-refractivity contribution in [3.05, 3.63) is 127 Å². The van der Waals surface area contributed by atoms with Gasteiger partial charge in [-0.25, -0.2) is 0 Å². The van der Waals surface area contributed by atoms with Gasteiger partial charge in [-0.3, -0.25) is 4.79 Å².